The monoisotopic (exact) mass is 378 g/mol. The van der Waals surface area contributed by atoms with Crippen LogP contribution in [0.15, 0.2) is 72.8 Å². The first-order valence-corrected chi connectivity index (χ1v) is 9.35. The molecule has 0 aliphatic carbocycles. The minimum absolute atomic E-state index is 0.102. The molecule has 0 unspecified atom stereocenters. The van der Waals surface area contributed by atoms with Crippen molar-refractivity contribution in [3.05, 3.63) is 100 Å². The zero-order valence-corrected chi connectivity index (χ0v) is 16.3. The second-order valence-corrected chi connectivity index (χ2v) is 7.11. The zero-order chi connectivity index (χ0) is 19.2. The van der Waals surface area contributed by atoms with Gasteiger partial charge in [0.1, 0.15) is 0 Å². The van der Waals surface area contributed by atoms with E-state index in [-0.39, 0.29) is 11.9 Å². The SMILES string of the molecule is Cc1ccc(C(=O)Nc2cccc(CN[C@H](C)c3ccc(Cl)cc3)c2)cc1. The van der Waals surface area contributed by atoms with Gasteiger partial charge in [0.05, 0.1) is 0 Å². The Balaban J connectivity index is 1.60. The van der Waals surface area contributed by atoms with E-state index in [0.29, 0.717) is 12.1 Å². The molecular weight excluding hydrogens is 356 g/mol. The first-order valence-electron chi connectivity index (χ1n) is 8.97. The fraction of sp³-hybridized carbons (Fsp3) is 0.174. The van der Waals surface area contributed by atoms with Gasteiger partial charge < -0.3 is 10.6 Å². The van der Waals surface area contributed by atoms with Gasteiger partial charge in [-0.05, 0) is 61.4 Å². The average molecular weight is 379 g/mol. The normalized spacial score (nSPS) is 11.8. The summed E-state index contributed by atoms with van der Waals surface area (Å²) < 4.78 is 0. The summed E-state index contributed by atoms with van der Waals surface area (Å²) in [6.45, 7) is 4.83. The van der Waals surface area contributed by atoms with E-state index < -0.39 is 0 Å². The van der Waals surface area contributed by atoms with E-state index >= 15 is 0 Å². The Morgan fingerprint density at radius 1 is 1.00 bits per heavy atom. The molecule has 0 spiro atoms. The van der Waals surface area contributed by atoms with Gasteiger partial charge in [-0.2, -0.15) is 0 Å². The molecule has 0 bridgehead atoms. The maximum atomic E-state index is 12.4. The third-order valence-corrected chi connectivity index (χ3v) is 4.73. The average Bonchev–Trinajstić information content (AvgIpc) is 2.67. The number of aryl methyl sites for hydroxylation is 1. The Labute approximate surface area is 165 Å². The van der Waals surface area contributed by atoms with Crippen LogP contribution in [-0.4, -0.2) is 5.91 Å². The van der Waals surface area contributed by atoms with Gasteiger partial charge in [-0.1, -0.05) is 53.6 Å². The number of nitrogens with one attached hydrogen (secondary N) is 2. The maximum absolute atomic E-state index is 12.4. The van der Waals surface area contributed by atoms with Gasteiger partial charge in [-0.25, -0.2) is 0 Å². The van der Waals surface area contributed by atoms with Crippen molar-refractivity contribution in [1.82, 2.24) is 5.32 Å². The maximum Gasteiger partial charge on any atom is 0.255 e. The molecule has 3 rings (SSSR count). The summed E-state index contributed by atoms with van der Waals surface area (Å²) in [6, 6.07) is 23.5. The molecule has 0 saturated carbocycles. The summed E-state index contributed by atoms with van der Waals surface area (Å²) in [6.07, 6.45) is 0. The summed E-state index contributed by atoms with van der Waals surface area (Å²) in [7, 11) is 0. The van der Waals surface area contributed by atoms with Gasteiger partial charge in [0.25, 0.3) is 5.91 Å². The van der Waals surface area contributed by atoms with Crippen LogP contribution in [0.5, 0.6) is 0 Å². The highest BCUT2D eigenvalue weighted by atomic mass is 35.5. The molecule has 0 aliphatic heterocycles. The quantitative estimate of drug-likeness (QED) is 0.573. The van der Waals surface area contributed by atoms with Crippen LogP contribution in [0.1, 0.15) is 40.0 Å². The number of anilines is 1. The molecule has 0 heterocycles. The minimum Gasteiger partial charge on any atom is -0.322 e. The number of amides is 1. The van der Waals surface area contributed by atoms with E-state index in [0.717, 1.165) is 21.8 Å². The van der Waals surface area contributed by atoms with Crippen LogP contribution in [0, 0.1) is 6.92 Å². The molecule has 0 radical (unpaired) electrons. The predicted octanol–water partition coefficient (Wildman–Crippen LogP) is 5.75. The van der Waals surface area contributed by atoms with Crippen LogP contribution < -0.4 is 10.6 Å². The van der Waals surface area contributed by atoms with Crippen LogP contribution >= 0.6 is 11.6 Å². The van der Waals surface area contributed by atoms with Gasteiger partial charge in [0, 0.05) is 28.9 Å². The van der Waals surface area contributed by atoms with Crippen molar-refractivity contribution in [2.24, 2.45) is 0 Å². The van der Waals surface area contributed by atoms with Crippen molar-refractivity contribution in [3.63, 3.8) is 0 Å². The van der Waals surface area contributed by atoms with Crippen molar-refractivity contribution in [3.8, 4) is 0 Å². The van der Waals surface area contributed by atoms with Crippen molar-refractivity contribution in [2.45, 2.75) is 26.4 Å². The molecule has 0 fully saturated rings. The highest BCUT2D eigenvalue weighted by Gasteiger charge is 2.08. The predicted molar refractivity (Wildman–Crippen MR) is 112 cm³/mol. The van der Waals surface area contributed by atoms with Crippen molar-refractivity contribution in [2.75, 3.05) is 5.32 Å². The van der Waals surface area contributed by atoms with E-state index in [4.69, 9.17) is 11.6 Å². The third-order valence-electron chi connectivity index (χ3n) is 4.48. The molecule has 4 heteroatoms. The van der Waals surface area contributed by atoms with Crippen LogP contribution in [0.25, 0.3) is 0 Å². The van der Waals surface area contributed by atoms with Gasteiger partial charge in [0.2, 0.25) is 0 Å². The summed E-state index contributed by atoms with van der Waals surface area (Å²) in [5, 5.41) is 7.20. The number of hydrogen-bond donors (Lipinski definition) is 2. The van der Waals surface area contributed by atoms with Crippen molar-refractivity contribution >= 4 is 23.2 Å². The Hall–Kier alpha value is -2.62. The Bertz CT molecular complexity index is 904. The Kier molecular flexibility index (Phi) is 6.28. The highest BCUT2D eigenvalue weighted by Crippen LogP contribution is 2.18. The third kappa shape index (κ3) is 5.43. The molecule has 1 amide bonds. The van der Waals surface area contributed by atoms with Crippen LogP contribution in [0.4, 0.5) is 5.69 Å². The number of carbonyl (C=O) groups is 1. The molecule has 2 N–H and O–H groups in total. The fourth-order valence-corrected chi connectivity index (χ4v) is 2.93. The molecule has 138 valence electrons. The lowest BCUT2D eigenvalue weighted by atomic mass is 10.1. The van der Waals surface area contributed by atoms with Crippen LogP contribution in [0.2, 0.25) is 5.02 Å². The van der Waals surface area contributed by atoms with E-state index in [9.17, 15) is 4.79 Å². The smallest absolute Gasteiger partial charge is 0.255 e. The first kappa shape index (κ1) is 19.2. The van der Waals surface area contributed by atoms with Gasteiger partial charge in [0.15, 0.2) is 0 Å². The van der Waals surface area contributed by atoms with Crippen molar-refractivity contribution < 1.29 is 4.79 Å². The first-order chi connectivity index (χ1) is 13.0. The number of hydrogen-bond acceptors (Lipinski definition) is 2. The molecule has 3 nitrogen and oxygen atoms in total. The zero-order valence-electron chi connectivity index (χ0n) is 15.5. The number of halogens is 1. The molecule has 3 aromatic rings. The van der Waals surface area contributed by atoms with Gasteiger partial charge >= 0.3 is 0 Å². The lowest BCUT2D eigenvalue weighted by Gasteiger charge is -2.15. The van der Waals surface area contributed by atoms with Gasteiger partial charge in [-0.15, -0.1) is 0 Å². The number of carbonyl (C=O) groups excluding carboxylic acids is 1. The second kappa shape index (κ2) is 8.85. The summed E-state index contributed by atoms with van der Waals surface area (Å²) in [4.78, 5) is 12.4. The fourth-order valence-electron chi connectivity index (χ4n) is 2.81. The molecule has 3 aromatic carbocycles. The molecule has 0 aliphatic rings. The van der Waals surface area contributed by atoms with Gasteiger partial charge in [-0.3, -0.25) is 4.79 Å². The number of benzene rings is 3. The molecule has 27 heavy (non-hydrogen) atoms. The molecule has 0 saturated heterocycles. The van der Waals surface area contributed by atoms with Crippen molar-refractivity contribution in [1.29, 1.82) is 0 Å². The van der Waals surface area contributed by atoms with Crippen LogP contribution in [0.3, 0.4) is 0 Å². The lowest BCUT2D eigenvalue weighted by molar-refractivity contribution is 0.102. The highest BCUT2D eigenvalue weighted by molar-refractivity contribution is 6.30. The minimum atomic E-state index is -0.102. The van der Waals surface area contributed by atoms with E-state index in [1.807, 2.05) is 79.7 Å². The lowest BCUT2D eigenvalue weighted by Crippen LogP contribution is -2.18. The van der Waals surface area contributed by atoms with E-state index in [1.54, 1.807) is 0 Å². The largest absolute Gasteiger partial charge is 0.322 e. The van der Waals surface area contributed by atoms with E-state index in [2.05, 4.69) is 17.6 Å². The van der Waals surface area contributed by atoms with Crippen LogP contribution in [-0.2, 0) is 6.54 Å². The summed E-state index contributed by atoms with van der Waals surface area (Å²) >= 11 is 5.95. The van der Waals surface area contributed by atoms with E-state index in [1.165, 1.54) is 5.56 Å². The molecular formula is C23H23ClN2O. The second-order valence-electron chi connectivity index (χ2n) is 6.67. The number of rotatable bonds is 6. The topological polar surface area (TPSA) is 41.1 Å². The Morgan fingerprint density at radius 3 is 2.41 bits per heavy atom. The summed E-state index contributed by atoms with van der Waals surface area (Å²) in [5.41, 5.74) is 4.87. The molecule has 0 aromatic heterocycles. The Morgan fingerprint density at radius 2 is 1.70 bits per heavy atom. The standard InChI is InChI=1S/C23H23ClN2O/c1-16-6-8-20(9-7-16)23(27)26-22-5-3-4-18(14-22)15-25-17(2)19-10-12-21(24)13-11-19/h3-14,17,25H,15H2,1-2H3,(H,26,27)/t17-/m1/s1. The molecule has 1 atom stereocenters. The summed E-state index contributed by atoms with van der Waals surface area (Å²) in [5.74, 6) is -0.102.